The first kappa shape index (κ1) is 25.4. The van der Waals surface area contributed by atoms with Gasteiger partial charge in [-0.25, -0.2) is 0 Å². The molecule has 5 rings (SSSR count). The van der Waals surface area contributed by atoms with Crippen molar-refractivity contribution in [2.75, 3.05) is 23.5 Å². The van der Waals surface area contributed by atoms with Gasteiger partial charge in [-0.3, -0.25) is 20.4 Å². The number of thiocarbonyl (C=S) groups is 1. The van der Waals surface area contributed by atoms with E-state index in [2.05, 4.69) is 46.0 Å². The number of hydrogen-bond acceptors (Lipinski definition) is 6. The lowest BCUT2D eigenvalue weighted by Gasteiger charge is -2.26. The maximum absolute atomic E-state index is 13.2. The highest BCUT2D eigenvalue weighted by Crippen LogP contribution is 2.40. The van der Waals surface area contributed by atoms with Crippen LogP contribution < -0.4 is 26.8 Å². The molecule has 1 aromatic heterocycles. The number of benzene rings is 1. The Morgan fingerprint density at radius 3 is 2.69 bits per heavy atom. The van der Waals surface area contributed by atoms with Crippen LogP contribution in [0, 0.1) is 18.8 Å². The molecule has 36 heavy (non-hydrogen) atoms. The number of carbonyl (C=O) groups is 2. The van der Waals surface area contributed by atoms with E-state index in [9.17, 15) is 9.59 Å². The van der Waals surface area contributed by atoms with Crippen LogP contribution in [0.2, 0.25) is 0 Å². The van der Waals surface area contributed by atoms with Gasteiger partial charge in [0.05, 0.1) is 11.3 Å². The molecule has 1 aromatic carbocycles. The second kappa shape index (κ2) is 11.0. The molecular formula is C26H33N5O2S3. The average molecular weight is 544 g/mol. The Morgan fingerprint density at radius 2 is 1.97 bits per heavy atom. The van der Waals surface area contributed by atoms with Crippen LogP contribution in [-0.2, 0) is 17.6 Å². The van der Waals surface area contributed by atoms with E-state index < -0.39 is 0 Å². The Hall–Kier alpha value is -2.30. The summed E-state index contributed by atoms with van der Waals surface area (Å²) >= 11 is 8.85. The zero-order chi connectivity index (χ0) is 25.2. The molecule has 2 amide bonds. The number of anilines is 2. The Bertz CT molecular complexity index is 1170. The van der Waals surface area contributed by atoms with E-state index in [0.717, 1.165) is 36.9 Å². The van der Waals surface area contributed by atoms with E-state index in [4.69, 9.17) is 12.2 Å². The van der Waals surface area contributed by atoms with E-state index >= 15 is 0 Å². The summed E-state index contributed by atoms with van der Waals surface area (Å²) in [5.74, 6) is 0.658. The lowest BCUT2D eigenvalue weighted by Crippen LogP contribution is -2.46. The maximum atomic E-state index is 13.2. The van der Waals surface area contributed by atoms with Gasteiger partial charge in [0.15, 0.2) is 5.11 Å². The Labute approximate surface area is 225 Å². The highest BCUT2D eigenvalue weighted by atomic mass is 32.2. The molecule has 5 N–H and O–H groups in total. The molecule has 1 atom stereocenters. The van der Waals surface area contributed by atoms with E-state index in [-0.39, 0.29) is 23.8 Å². The van der Waals surface area contributed by atoms with Gasteiger partial charge < -0.3 is 16.0 Å². The topological polar surface area (TPSA) is 94.3 Å². The van der Waals surface area contributed by atoms with Crippen molar-refractivity contribution in [1.82, 2.24) is 16.1 Å². The third kappa shape index (κ3) is 5.98. The first-order valence-corrected chi connectivity index (χ1v) is 15.1. The van der Waals surface area contributed by atoms with Gasteiger partial charge in [0.25, 0.3) is 5.91 Å². The summed E-state index contributed by atoms with van der Waals surface area (Å²) in [6.45, 7) is 2.79. The van der Waals surface area contributed by atoms with Gasteiger partial charge in [0.1, 0.15) is 5.00 Å². The van der Waals surface area contributed by atoms with Crippen molar-refractivity contribution >= 4 is 62.9 Å². The molecule has 10 heteroatoms. The second-order valence-corrected chi connectivity index (χ2v) is 12.3. The van der Waals surface area contributed by atoms with Crippen molar-refractivity contribution < 1.29 is 9.59 Å². The van der Waals surface area contributed by atoms with Crippen LogP contribution in [-0.4, -0.2) is 35.8 Å². The summed E-state index contributed by atoms with van der Waals surface area (Å²) in [5.41, 5.74) is 10.2. The molecule has 3 aliphatic rings. The lowest BCUT2D eigenvalue weighted by atomic mass is 9.91. The number of amides is 2. The smallest absolute Gasteiger partial charge is 0.254 e. The van der Waals surface area contributed by atoms with Crippen LogP contribution in [0.5, 0.6) is 0 Å². The summed E-state index contributed by atoms with van der Waals surface area (Å²) in [6, 6.07) is 6.25. The number of hydrogen-bond donors (Lipinski definition) is 5. The predicted molar refractivity (Wildman–Crippen MR) is 152 cm³/mol. The molecule has 0 unspecified atom stereocenters. The van der Waals surface area contributed by atoms with Gasteiger partial charge in [-0.2, -0.15) is 0 Å². The zero-order valence-corrected chi connectivity index (χ0v) is 23.1. The quantitative estimate of drug-likeness (QED) is 0.179. The van der Waals surface area contributed by atoms with Gasteiger partial charge >= 0.3 is 0 Å². The third-order valence-electron chi connectivity index (χ3n) is 7.07. The second-order valence-electron chi connectivity index (χ2n) is 9.92. The first-order valence-electron chi connectivity index (χ1n) is 12.6. The fourth-order valence-corrected chi connectivity index (χ4v) is 6.65. The van der Waals surface area contributed by atoms with Crippen molar-refractivity contribution in [2.45, 2.75) is 62.8 Å². The van der Waals surface area contributed by atoms with E-state index in [1.807, 2.05) is 12.1 Å². The highest BCUT2D eigenvalue weighted by molar-refractivity contribution is 7.98. The first-order chi connectivity index (χ1) is 17.4. The summed E-state index contributed by atoms with van der Waals surface area (Å²) in [4.78, 5) is 28.2. The molecule has 0 aliphatic heterocycles. The van der Waals surface area contributed by atoms with Crippen LogP contribution in [0.25, 0.3) is 0 Å². The van der Waals surface area contributed by atoms with E-state index in [0.29, 0.717) is 34.6 Å². The average Bonchev–Trinajstić information content (AvgIpc) is 3.79. The van der Waals surface area contributed by atoms with Crippen LogP contribution in [0.4, 0.5) is 10.7 Å². The number of carbonyl (C=O) groups excluding carboxylic acids is 2. The van der Waals surface area contributed by atoms with Gasteiger partial charge in [0.2, 0.25) is 5.91 Å². The van der Waals surface area contributed by atoms with E-state index in [1.165, 1.54) is 28.2 Å². The molecule has 0 spiro atoms. The molecule has 2 fully saturated rings. The number of fused-ring (bicyclic) bond motifs is 1. The Kier molecular flexibility index (Phi) is 7.73. The van der Waals surface area contributed by atoms with Crippen molar-refractivity contribution in [3.8, 4) is 0 Å². The van der Waals surface area contributed by atoms with E-state index in [1.54, 1.807) is 23.1 Å². The molecule has 0 saturated heterocycles. The van der Waals surface area contributed by atoms with Crippen molar-refractivity contribution in [3.63, 3.8) is 0 Å². The van der Waals surface area contributed by atoms with Gasteiger partial charge in [-0.15, -0.1) is 23.1 Å². The normalized spacial score (nSPS) is 18.7. The molecule has 0 radical (unpaired) electrons. The minimum absolute atomic E-state index is 0.0387. The minimum Gasteiger partial charge on any atom is -0.358 e. The molecule has 2 aromatic rings. The number of thiophene rings is 1. The van der Waals surface area contributed by atoms with Crippen LogP contribution in [0.15, 0.2) is 23.1 Å². The SMILES string of the molecule is CSc1cccc(NNC(=S)N[C@H]2CCc3sc(NC(=O)C4CC4)c(C(=O)NCC4CC4)c3C2)c1C. The molecule has 192 valence electrons. The molecule has 2 saturated carbocycles. The number of nitrogens with one attached hydrogen (secondary N) is 5. The summed E-state index contributed by atoms with van der Waals surface area (Å²) < 4.78 is 0. The number of thioether (sulfide) groups is 1. The predicted octanol–water partition coefficient (Wildman–Crippen LogP) is 4.62. The Balaban J connectivity index is 1.25. The fraction of sp³-hybridized carbons (Fsp3) is 0.500. The minimum atomic E-state index is -0.0716. The van der Waals surface area contributed by atoms with Crippen molar-refractivity contribution in [1.29, 1.82) is 0 Å². The molecule has 1 heterocycles. The Morgan fingerprint density at radius 1 is 1.17 bits per heavy atom. The largest absolute Gasteiger partial charge is 0.358 e. The molecular weight excluding hydrogens is 511 g/mol. The fourth-order valence-electron chi connectivity index (χ4n) is 4.56. The van der Waals surface area contributed by atoms with Crippen LogP contribution in [0.3, 0.4) is 0 Å². The molecule has 0 bridgehead atoms. The summed E-state index contributed by atoms with van der Waals surface area (Å²) in [6.07, 6.45) is 8.76. The number of aryl methyl sites for hydroxylation is 1. The highest BCUT2D eigenvalue weighted by Gasteiger charge is 2.34. The van der Waals surface area contributed by atoms with Crippen molar-refractivity contribution in [3.05, 3.63) is 39.8 Å². The van der Waals surface area contributed by atoms with Gasteiger partial charge in [-0.05, 0) is 99.5 Å². The maximum Gasteiger partial charge on any atom is 0.254 e. The molecule has 7 nitrogen and oxygen atoms in total. The standard InChI is InChI=1S/C26H33N5O2S3/c1-14-19(4-3-5-20(14)35-2)30-31-26(34)28-17-10-11-21-18(12-17)22(24(33)27-13-15-6-7-15)25(36-21)29-23(32)16-8-9-16/h3-5,15-17,30H,6-13H2,1-2H3,(H,27,33)(H,29,32)(H2,28,31,34)/t17-/m0/s1. The molecule has 3 aliphatic carbocycles. The van der Waals surface area contributed by atoms with Crippen LogP contribution >= 0.6 is 35.3 Å². The number of hydrazine groups is 1. The van der Waals surface area contributed by atoms with Gasteiger partial charge in [0, 0.05) is 28.3 Å². The summed E-state index contributed by atoms with van der Waals surface area (Å²) in [5, 5.41) is 10.8. The zero-order valence-electron chi connectivity index (χ0n) is 20.7. The summed E-state index contributed by atoms with van der Waals surface area (Å²) in [7, 11) is 0. The van der Waals surface area contributed by atoms with Crippen LogP contribution in [0.1, 0.15) is 58.5 Å². The third-order valence-corrected chi connectivity index (χ3v) is 9.38. The van der Waals surface area contributed by atoms with Crippen molar-refractivity contribution in [2.24, 2.45) is 11.8 Å². The number of rotatable bonds is 9. The monoisotopic (exact) mass is 543 g/mol. The van der Waals surface area contributed by atoms with Gasteiger partial charge in [-0.1, -0.05) is 6.07 Å². The lowest BCUT2D eigenvalue weighted by molar-refractivity contribution is -0.117.